The number of allylic oxidation sites excluding steroid dienone is 1. The molecule has 1 atom stereocenters. The zero-order valence-corrected chi connectivity index (χ0v) is 16.8. The predicted octanol–water partition coefficient (Wildman–Crippen LogP) is 6.43. The Bertz CT molecular complexity index is 669. The quantitative estimate of drug-likeness (QED) is 0.424. The normalized spacial score (nSPS) is 11.3. The smallest absolute Gasteiger partial charge is 0.162 e. The molecule has 140 valence electrons. The first-order valence-electron chi connectivity index (χ1n) is 9.28. The number of ether oxygens (including phenoxy) is 1. The van der Waals surface area contributed by atoms with Crippen LogP contribution in [0.5, 0.6) is 0 Å². The Labute approximate surface area is 158 Å². The maximum atomic E-state index is 11.3. The van der Waals surface area contributed by atoms with Gasteiger partial charge in [-0.1, -0.05) is 88.9 Å². The lowest BCUT2D eigenvalue weighted by Gasteiger charge is -2.12. The van der Waals surface area contributed by atoms with E-state index in [4.69, 9.17) is 4.74 Å². The lowest BCUT2D eigenvalue weighted by Crippen LogP contribution is -2.03. The molecule has 0 amide bonds. The Morgan fingerprint density at radius 2 is 1.58 bits per heavy atom. The van der Waals surface area contributed by atoms with E-state index < -0.39 is 0 Å². The fourth-order valence-electron chi connectivity index (χ4n) is 2.54. The monoisotopic (exact) mass is 352 g/mol. The number of carbonyl (C=O) groups is 1. The van der Waals surface area contributed by atoms with E-state index in [0.29, 0.717) is 18.3 Å². The average Bonchev–Trinajstić information content (AvgIpc) is 2.68. The van der Waals surface area contributed by atoms with Crippen LogP contribution in [0.3, 0.4) is 0 Å². The number of Topliss-reactive ketones (excluding diaryl/α,β-unsaturated/α-hetero) is 1. The summed E-state index contributed by atoms with van der Waals surface area (Å²) in [4.78, 5) is 11.3. The average molecular weight is 353 g/mol. The maximum Gasteiger partial charge on any atom is 0.162 e. The number of benzene rings is 2. The molecule has 26 heavy (non-hydrogen) atoms. The minimum Gasteiger partial charge on any atom is -0.501 e. The van der Waals surface area contributed by atoms with Crippen molar-refractivity contribution >= 4 is 5.78 Å². The lowest BCUT2D eigenvalue weighted by atomic mass is 10.00. The molecule has 2 aromatic rings. The topological polar surface area (TPSA) is 26.3 Å². The van der Waals surface area contributed by atoms with Gasteiger partial charge in [-0.2, -0.15) is 0 Å². The number of carbonyl (C=O) groups excluding carboxylic acids is 1. The summed E-state index contributed by atoms with van der Waals surface area (Å²) in [5.74, 6) is 1.98. The van der Waals surface area contributed by atoms with E-state index in [1.54, 1.807) is 7.11 Å². The molecule has 0 aliphatic carbocycles. The third-order valence-corrected chi connectivity index (χ3v) is 4.42. The van der Waals surface area contributed by atoms with Gasteiger partial charge in [-0.15, -0.1) is 0 Å². The molecule has 0 aliphatic rings. The summed E-state index contributed by atoms with van der Waals surface area (Å²) in [6, 6.07) is 18.3. The summed E-state index contributed by atoms with van der Waals surface area (Å²) in [6.07, 6.45) is 1.58. The molecule has 1 unspecified atom stereocenters. The molecule has 0 aromatic heterocycles. The second-order valence-electron chi connectivity index (χ2n) is 6.81. The van der Waals surface area contributed by atoms with Crippen LogP contribution in [0.15, 0.2) is 66.9 Å². The second-order valence-corrected chi connectivity index (χ2v) is 6.81. The van der Waals surface area contributed by atoms with Gasteiger partial charge >= 0.3 is 0 Å². The van der Waals surface area contributed by atoms with Gasteiger partial charge in [0.2, 0.25) is 0 Å². The molecular formula is C24H32O2. The van der Waals surface area contributed by atoms with Gasteiger partial charge in [0, 0.05) is 17.9 Å². The van der Waals surface area contributed by atoms with Crippen LogP contribution in [-0.2, 0) is 11.2 Å². The lowest BCUT2D eigenvalue weighted by molar-refractivity contribution is 0.0988. The van der Waals surface area contributed by atoms with Crippen LogP contribution in [0.2, 0.25) is 0 Å². The minimum atomic E-state index is 0.218. The summed E-state index contributed by atoms with van der Waals surface area (Å²) in [7, 11) is 1.67. The second kappa shape index (κ2) is 11.3. The van der Waals surface area contributed by atoms with E-state index in [1.807, 2.05) is 37.3 Å². The highest BCUT2D eigenvalue weighted by molar-refractivity contribution is 5.95. The fourth-order valence-corrected chi connectivity index (χ4v) is 2.54. The molecule has 0 saturated carbocycles. The molecule has 0 aliphatic heterocycles. The molecule has 2 rings (SSSR count). The zero-order chi connectivity index (χ0) is 19.5. The standard InChI is InChI=1S/2C12H16O/c1-10(11(2)13-3)9-12-7-5-4-6-8-12;1-4-12(13)11-7-5-10(6-8-11)9(2)3/h4-8,10H,2,9H2,1,3H3;5-9H,4H2,1-3H3. The Morgan fingerprint density at radius 3 is 2.04 bits per heavy atom. The molecule has 2 nitrogen and oxygen atoms in total. The molecule has 0 radical (unpaired) electrons. The van der Waals surface area contributed by atoms with Gasteiger partial charge in [0.25, 0.3) is 0 Å². The minimum absolute atomic E-state index is 0.218. The van der Waals surface area contributed by atoms with Crippen LogP contribution in [0.4, 0.5) is 0 Å². The molecule has 2 heteroatoms. The van der Waals surface area contributed by atoms with Crippen molar-refractivity contribution < 1.29 is 9.53 Å². The summed E-state index contributed by atoms with van der Waals surface area (Å²) < 4.78 is 5.09. The van der Waals surface area contributed by atoms with Crippen LogP contribution in [0.25, 0.3) is 0 Å². The van der Waals surface area contributed by atoms with Crippen molar-refractivity contribution in [2.45, 2.75) is 46.5 Å². The van der Waals surface area contributed by atoms with Crippen molar-refractivity contribution in [1.82, 2.24) is 0 Å². The molecular weight excluding hydrogens is 320 g/mol. The number of methoxy groups -OCH3 is 1. The van der Waals surface area contributed by atoms with E-state index in [2.05, 4.69) is 51.6 Å². The summed E-state index contributed by atoms with van der Waals surface area (Å²) in [5, 5.41) is 0. The number of ketones is 1. The summed E-state index contributed by atoms with van der Waals surface area (Å²) in [5.41, 5.74) is 3.44. The molecule has 0 spiro atoms. The molecule has 0 N–H and O–H groups in total. The first-order chi connectivity index (χ1) is 12.4. The van der Waals surface area contributed by atoms with Crippen LogP contribution in [0, 0.1) is 5.92 Å². The molecule has 2 aromatic carbocycles. The Kier molecular flexibility index (Phi) is 9.43. The number of hydrogen-bond acceptors (Lipinski definition) is 2. The van der Waals surface area contributed by atoms with Gasteiger partial charge in [-0.05, 0) is 23.5 Å². The van der Waals surface area contributed by atoms with E-state index >= 15 is 0 Å². The molecule has 0 fully saturated rings. The van der Waals surface area contributed by atoms with E-state index in [9.17, 15) is 4.79 Å². The van der Waals surface area contributed by atoms with Crippen LogP contribution in [0.1, 0.15) is 61.5 Å². The third kappa shape index (κ3) is 7.26. The highest BCUT2D eigenvalue weighted by Gasteiger charge is 2.07. The largest absolute Gasteiger partial charge is 0.501 e. The van der Waals surface area contributed by atoms with Gasteiger partial charge in [-0.3, -0.25) is 4.79 Å². The Balaban J connectivity index is 0.000000260. The fraction of sp³-hybridized carbons (Fsp3) is 0.375. The van der Waals surface area contributed by atoms with Crippen molar-refractivity contribution in [2.75, 3.05) is 7.11 Å². The molecule has 0 saturated heterocycles. The van der Waals surface area contributed by atoms with Crippen LogP contribution < -0.4 is 0 Å². The van der Waals surface area contributed by atoms with Crippen LogP contribution in [-0.4, -0.2) is 12.9 Å². The van der Waals surface area contributed by atoms with Gasteiger partial charge in [0.05, 0.1) is 12.9 Å². The van der Waals surface area contributed by atoms with Gasteiger partial charge in [-0.25, -0.2) is 0 Å². The summed E-state index contributed by atoms with van der Waals surface area (Å²) >= 11 is 0. The summed E-state index contributed by atoms with van der Waals surface area (Å²) in [6.45, 7) is 12.2. The molecule has 0 heterocycles. The number of hydrogen-bond donors (Lipinski definition) is 0. The van der Waals surface area contributed by atoms with Crippen molar-refractivity contribution in [3.05, 3.63) is 83.6 Å². The van der Waals surface area contributed by atoms with E-state index in [0.717, 1.165) is 17.7 Å². The first-order valence-corrected chi connectivity index (χ1v) is 9.28. The van der Waals surface area contributed by atoms with Crippen molar-refractivity contribution in [3.8, 4) is 0 Å². The molecule has 0 bridgehead atoms. The number of rotatable bonds is 7. The maximum absolute atomic E-state index is 11.3. The van der Waals surface area contributed by atoms with Gasteiger partial charge in [0.1, 0.15) is 0 Å². The highest BCUT2D eigenvalue weighted by Crippen LogP contribution is 2.16. The third-order valence-electron chi connectivity index (χ3n) is 4.42. The van der Waals surface area contributed by atoms with Crippen molar-refractivity contribution in [1.29, 1.82) is 0 Å². The van der Waals surface area contributed by atoms with Crippen LogP contribution >= 0.6 is 0 Å². The van der Waals surface area contributed by atoms with Gasteiger partial charge in [0.15, 0.2) is 5.78 Å². The van der Waals surface area contributed by atoms with E-state index in [-0.39, 0.29) is 5.78 Å². The highest BCUT2D eigenvalue weighted by atomic mass is 16.5. The zero-order valence-electron chi connectivity index (χ0n) is 16.8. The Hall–Kier alpha value is -2.35. The Morgan fingerprint density at radius 1 is 1.00 bits per heavy atom. The van der Waals surface area contributed by atoms with Crippen molar-refractivity contribution in [3.63, 3.8) is 0 Å². The van der Waals surface area contributed by atoms with Gasteiger partial charge < -0.3 is 4.74 Å². The first kappa shape index (κ1) is 21.7. The van der Waals surface area contributed by atoms with E-state index in [1.165, 1.54) is 11.1 Å². The van der Waals surface area contributed by atoms with Crippen molar-refractivity contribution in [2.24, 2.45) is 5.92 Å². The SMILES string of the molecule is C=C(OC)C(C)Cc1ccccc1.CCC(=O)c1ccc(C(C)C)cc1. The predicted molar refractivity (Wildman–Crippen MR) is 111 cm³/mol.